The second kappa shape index (κ2) is 16.7. The molecule has 4 N–H and O–H groups in total. The van der Waals surface area contributed by atoms with Gasteiger partial charge in [0.25, 0.3) is 0 Å². The first-order valence-electron chi connectivity index (χ1n) is 4.10. The van der Waals surface area contributed by atoms with Crippen LogP contribution in [0.25, 0.3) is 0 Å². The molecule has 0 unspecified atom stereocenters. The number of nitrogens with two attached hydrogens (primary N) is 2. The third kappa shape index (κ3) is 22.8. The molecule has 4 heteroatoms. The van der Waals surface area contributed by atoms with Crippen molar-refractivity contribution in [3.63, 3.8) is 0 Å². The van der Waals surface area contributed by atoms with Crippen LogP contribution in [-0.4, -0.2) is 25.7 Å². The Morgan fingerprint density at radius 3 is 1.25 bits per heavy atom. The Morgan fingerprint density at radius 1 is 0.833 bits per heavy atom. The molecular weight excluding hydrogens is 156 g/mol. The molecule has 0 aromatic carbocycles. The van der Waals surface area contributed by atoms with Gasteiger partial charge in [0.2, 0.25) is 0 Å². The van der Waals surface area contributed by atoms with Crippen LogP contribution in [-0.2, 0) is 9.59 Å². The zero-order valence-electron chi connectivity index (χ0n) is 7.37. The molecule has 0 rings (SSSR count). The van der Waals surface area contributed by atoms with Gasteiger partial charge in [-0.1, -0.05) is 0 Å². The van der Waals surface area contributed by atoms with Gasteiger partial charge < -0.3 is 21.1 Å². The standard InChI is InChI=1S/2C4H9NO/c2*5-3-1-2-4-6/h2*4H,1-3,5H2. The molecule has 0 aliphatic rings. The number of hydrogen-bond acceptors (Lipinski definition) is 4. The van der Waals surface area contributed by atoms with Gasteiger partial charge >= 0.3 is 0 Å². The highest BCUT2D eigenvalue weighted by Gasteiger charge is 1.75. The third-order valence-electron chi connectivity index (χ3n) is 1.05. The van der Waals surface area contributed by atoms with Gasteiger partial charge in [-0.05, 0) is 25.9 Å². The lowest BCUT2D eigenvalue weighted by Crippen LogP contribution is -1.97. The van der Waals surface area contributed by atoms with E-state index in [9.17, 15) is 9.59 Å². The highest BCUT2D eigenvalue weighted by Crippen LogP contribution is 1.75. The number of aldehydes is 2. The van der Waals surface area contributed by atoms with Gasteiger partial charge in [0, 0.05) is 12.8 Å². The maximum atomic E-state index is 9.51. The minimum Gasteiger partial charge on any atom is -0.330 e. The zero-order valence-corrected chi connectivity index (χ0v) is 7.37. The van der Waals surface area contributed by atoms with E-state index in [4.69, 9.17) is 11.5 Å². The van der Waals surface area contributed by atoms with Crippen LogP contribution in [0.2, 0.25) is 0 Å². The molecule has 0 bridgehead atoms. The predicted molar refractivity (Wildman–Crippen MR) is 48.7 cm³/mol. The lowest BCUT2D eigenvalue weighted by molar-refractivity contribution is -0.108. The summed E-state index contributed by atoms with van der Waals surface area (Å²) < 4.78 is 0. The maximum Gasteiger partial charge on any atom is 0.120 e. The Bertz CT molecular complexity index is 85.1. The smallest absolute Gasteiger partial charge is 0.120 e. The average molecular weight is 174 g/mol. The van der Waals surface area contributed by atoms with Crippen molar-refractivity contribution in [2.75, 3.05) is 13.1 Å². The first-order valence-corrected chi connectivity index (χ1v) is 4.10. The van der Waals surface area contributed by atoms with E-state index in [0.717, 1.165) is 25.4 Å². The topological polar surface area (TPSA) is 86.2 Å². The van der Waals surface area contributed by atoms with Crippen LogP contribution in [0.5, 0.6) is 0 Å². The monoisotopic (exact) mass is 174 g/mol. The van der Waals surface area contributed by atoms with Crippen molar-refractivity contribution in [3.8, 4) is 0 Å². The van der Waals surface area contributed by atoms with Crippen LogP contribution in [0.1, 0.15) is 25.7 Å². The van der Waals surface area contributed by atoms with Crippen LogP contribution < -0.4 is 11.5 Å². The normalized spacial score (nSPS) is 8.17. The Morgan fingerprint density at radius 2 is 1.17 bits per heavy atom. The van der Waals surface area contributed by atoms with Gasteiger partial charge in [0.1, 0.15) is 12.6 Å². The van der Waals surface area contributed by atoms with E-state index in [-0.39, 0.29) is 0 Å². The summed E-state index contributed by atoms with van der Waals surface area (Å²) in [5, 5.41) is 0. The first kappa shape index (κ1) is 13.8. The molecule has 0 fully saturated rings. The second-order valence-electron chi connectivity index (χ2n) is 2.20. The van der Waals surface area contributed by atoms with Crippen LogP contribution in [0.15, 0.2) is 0 Å². The van der Waals surface area contributed by atoms with Crippen molar-refractivity contribution in [2.24, 2.45) is 11.5 Å². The van der Waals surface area contributed by atoms with Gasteiger partial charge in [-0.3, -0.25) is 0 Å². The number of hydrogen-bond donors (Lipinski definition) is 2. The van der Waals surface area contributed by atoms with E-state index in [1.54, 1.807) is 0 Å². The van der Waals surface area contributed by atoms with Gasteiger partial charge in [-0.2, -0.15) is 0 Å². The average Bonchev–Trinajstić information content (AvgIpc) is 2.12. The maximum absolute atomic E-state index is 9.51. The predicted octanol–water partition coefficient (Wildman–Crippen LogP) is -0.152. The van der Waals surface area contributed by atoms with E-state index in [2.05, 4.69) is 0 Å². The molecule has 0 aliphatic heterocycles. The molecule has 0 aromatic rings. The van der Waals surface area contributed by atoms with Gasteiger partial charge in [0.05, 0.1) is 0 Å². The van der Waals surface area contributed by atoms with Crippen LogP contribution in [0.3, 0.4) is 0 Å². The minimum atomic E-state index is 0.608. The van der Waals surface area contributed by atoms with E-state index in [0.29, 0.717) is 25.9 Å². The van der Waals surface area contributed by atoms with E-state index >= 15 is 0 Å². The van der Waals surface area contributed by atoms with Crippen LogP contribution in [0, 0.1) is 0 Å². The summed E-state index contributed by atoms with van der Waals surface area (Å²) in [7, 11) is 0. The van der Waals surface area contributed by atoms with E-state index in [1.807, 2.05) is 0 Å². The fraction of sp³-hybridized carbons (Fsp3) is 0.750. The molecule has 72 valence electrons. The first-order chi connectivity index (χ1) is 5.83. The SMILES string of the molecule is NCCCC=O.NCCCC=O. The molecule has 0 aliphatic carbocycles. The summed E-state index contributed by atoms with van der Waals surface area (Å²) in [6.07, 6.45) is 4.62. The van der Waals surface area contributed by atoms with Gasteiger partial charge in [-0.15, -0.1) is 0 Å². The molecule has 0 atom stereocenters. The zero-order chi connectivity index (χ0) is 9.66. The largest absolute Gasteiger partial charge is 0.330 e. The van der Waals surface area contributed by atoms with Crippen molar-refractivity contribution in [2.45, 2.75) is 25.7 Å². The third-order valence-corrected chi connectivity index (χ3v) is 1.05. The molecule has 0 saturated heterocycles. The van der Waals surface area contributed by atoms with Crippen molar-refractivity contribution in [1.29, 1.82) is 0 Å². The Balaban J connectivity index is 0. The summed E-state index contributed by atoms with van der Waals surface area (Å²) in [4.78, 5) is 19.0. The van der Waals surface area contributed by atoms with Gasteiger partial charge in [0.15, 0.2) is 0 Å². The lowest BCUT2D eigenvalue weighted by Gasteiger charge is -1.79. The van der Waals surface area contributed by atoms with Crippen molar-refractivity contribution >= 4 is 12.6 Å². The molecule has 0 aromatic heterocycles. The fourth-order valence-electron chi connectivity index (χ4n) is 0.402. The molecule has 12 heavy (non-hydrogen) atoms. The molecule has 0 heterocycles. The van der Waals surface area contributed by atoms with Crippen LogP contribution >= 0.6 is 0 Å². The number of carbonyl (C=O) groups excluding carboxylic acids is 2. The minimum absolute atomic E-state index is 0.608. The van der Waals surface area contributed by atoms with Crippen molar-refractivity contribution < 1.29 is 9.59 Å². The van der Waals surface area contributed by atoms with Crippen molar-refractivity contribution in [1.82, 2.24) is 0 Å². The Labute approximate surface area is 73.3 Å². The molecular formula is C8H18N2O2. The summed E-state index contributed by atoms with van der Waals surface area (Å²) >= 11 is 0. The summed E-state index contributed by atoms with van der Waals surface area (Å²) in [6.45, 7) is 1.25. The molecule has 0 saturated carbocycles. The summed E-state index contributed by atoms with van der Waals surface area (Å²) in [5.41, 5.74) is 10.1. The summed E-state index contributed by atoms with van der Waals surface area (Å²) in [6, 6.07) is 0. The second-order valence-corrected chi connectivity index (χ2v) is 2.20. The lowest BCUT2D eigenvalue weighted by atomic mass is 10.3. The quantitative estimate of drug-likeness (QED) is 0.433. The van der Waals surface area contributed by atoms with E-state index < -0.39 is 0 Å². The molecule has 0 spiro atoms. The van der Waals surface area contributed by atoms with Gasteiger partial charge in [-0.25, -0.2) is 0 Å². The number of unbranched alkanes of at least 4 members (excludes halogenated alkanes) is 2. The molecule has 4 nitrogen and oxygen atoms in total. The Hall–Kier alpha value is -0.740. The highest BCUT2D eigenvalue weighted by molar-refractivity contribution is 5.49. The van der Waals surface area contributed by atoms with Crippen molar-refractivity contribution in [3.05, 3.63) is 0 Å². The number of rotatable bonds is 6. The Kier molecular flexibility index (Phi) is 19.2. The summed E-state index contributed by atoms with van der Waals surface area (Å²) in [5.74, 6) is 0. The van der Waals surface area contributed by atoms with E-state index in [1.165, 1.54) is 0 Å². The number of carbonyl (C=O) groups is 2. The molecule has 0 amide bonds. The fourth-order valence-corrected chi connectivity index (χ4v) is 0.402. The molecule has 0 radical (unpaired) electrons. The highest BCUT2D eigenvalue weighted by atomic mass is 16.1. The van der Waals surface area contributed by atoms with Crippen LogP contribution in [0.4, 0.5) is 0 Å².